The molecule has 0 bridgehead atoms. The molecular formula is C70H120N2Ni. The van der Waals surface area contributed by atoms with Crippen molar-refractivity contribution in [1.29, 1.82) is 0 Å². The average molecular weight is 1050 g/mol. The second-order valence-corrected chi connectivity index (χ2v) is 22.2. The van der Waals surface area contributed by atoms with Crippen molar-refractivity contribution >= 4 is 22.8 Å². The molecule has 0 saturated carbocycles. The number of para-hydroxylation sites is 2. The van der Waals surface area contributed by atoms with Crippen LogP contribution in [-0.4, -0.2) is 11.4 Å². The minimum absolute atomic E-state index is 0. The third-order valence-corrected chi connectivity index (χ3v) is 15.3. The van der Waals surface area contributed by atoms with Gasteiger partial charge in [0.25, 0.3) is 0 Å². The van der Waals surface area contributed by atoms with Crippen LogP contribution in [0.3, 0.4) is 0 Å². The Morgan fingerprint density at radius 3 is 0.849 bits per heavy atom. The first-order valence-electron chi connectivity index (χ1n) is 32.3. The average Bonchev–Trinajstić information content (AvgIpc) is 3.40. The number of unbranched alkanes of at least 4 members (excludes halogenated alkanes) is 38. The van der Waals surface area contributed by atoms with Crippen LogP contribution in [0.5, 0.6) is 0 Å². The molecule has 0 heterocycles. The molecule has 0 atom stereocenters. The van der Waals surface area contributed by atoms with Crippen LogP contribution in [0.2, 0.25) is 0 Å². The molecule has 0 spiro atoms. The van der Waals surface area contributed by atoms with E-state index in [1.54, 1.807) is 0 Å². The monoisotopic (exact) mass is 1050 g/mol. The molecule has 0 aromatic heterocycles. The zero-order valence-corrected chi connectivity index (χ0v) is 50.1. The maximum absolute atomic E-state index is 5.58. The summed E-state index contributed by atoms with van der Waals surface area (Å²) in [5.41, 5.74) is 7.46. The fraction of sp³-hybridized carbons (Fsp3) is 0.743. The molecule has 0 aliphatic rings. The maximum Gasteiger partial charge on any atom is 0.0665 e. The Labute approximate surface area is 466 Å². The van der Waals surface area contributed by atoms with Crippen LogP contribution in [0, 0.1) is 0 Å². The predicted molar refractivity (Wildman–Crippen MR) is 328 cm³/mol. The summed E-state index contributed by atoms with van der Waals surface area (Å²) in [6.07, 6.45) is 74.2. The second kappa shape index (κ2) is 54.5. The van der Waals surface area contributed by atoms with E-state index in [0.717, 1.165) is 62.7 Å². The van der Waals surface area contributed by atoms with Crippen LogP contribution in [0.4, 0.5) is 11.4 Å². The van der Waals surface area contributed by atoms with Gasteiger partial charge in [0.05, 0.1) is 22.8 Å². The summed E-state index contributed by atoms with van der Waals surface area (Å²) in [7, 11) is 0. The van der Waals surface area contributed by atoms with Gasteiger partial charge in [0.2, 0.25) is 0 Å². The smallest absolute Gasteiger partial charge is 0.0665 e. The normalized spacial score (nSPS) is 12.2. The van der Waals surface area contributed by atoms with E-state index in [1.165, 1.54) is 279 Å². The van der Waals surface area contributed by atoms with Gasteiger partial charge in [0.15, 0.2) is 0 Å². The topological polar surface area (TPSA) is 24.7 Å². The summed E-state index contributed by atoms with van der Waals surface area (Å²) in [6.45, 7) is 9.24. The first-order valence-corrected chi connectivity index (χ1v) is 32.3. The van der Waals surface area contributed by atoms with Crippen LogP contribution in [0.15, 0.2) is 82.8 Å². The van der Waals surface area contributed by atoms with Crippen molar-refractivity contribution in [2.75, 3.05) is 0 Å². The molecule has 2 nitrogen and oxygen atoms in total. The molecular weight excluding hydrogens is 927 g/mol. The number of nitrogens with zero attached hydrogens (tertiary/aromatic N) is 2. The molecule has 0 fully saturated rings. The second-order valence-electron chi connectivity index (χ2n) is 22.2. The molecule has 2 aromatic rings. The van der Waals surface area contributed by atoms with E-state index in [4.69, 9.17) is 9.98 Å². The summed E-state index contributed by atoms with van der Waals surface area (Å²) >= 11 is 0. The van der Waals surface area contributed by atoms with Gasteiger partial charge in [-0.3, -0.25) is 9.98 Å². The molecule has 0 saturated heterocycles. The van der Waals surface area contributed by atoms with Crippen LogP contribution in [-0.2, 0) is 29.3 Å². The number of rotatable bonds is 53. The van der Waals surface area contributed by atoms with Gasteiger partial charge in [-0.2, -0.15) is 0 Å². The van der Waals surface area contributed by atoms with E-state index in [2.05, 4.69) is 101 Å². The van der Waals surface area contributed by atoms with E-state index in [9.17, 15) is 0 Å². The van der Waals surface area contributed by atoms with Crippen molar-refractivity contribution in [3.05, 3.63) is 84.0 Å². The van der Waals surface area contributed by atoms with Crippen LogP contribution >= 0.6 is 0 Å². The Kier molecular flexibility index (Phi) is 51.4. The van der Waals surface area contributed by atoms with Gasteiger partial charge in [-0.15, -0.1) is 0 Å². The number of aliphatic imine (C=N–C) groups is 2. The SMILES string of the molecule is CCCCCCCCCCCCCCCCCC/C=C/CCc1ccccc1/N=C(CCCCCCCC)\C(CCCC)=N\c1ccccc1CC/C=C/CCCCCCCCCCCCCCCCCC.[Ni]. The van der Waals surface area contributed by atoms with E-state index >= 15 is 0 Å². The van der Waals surface area contributed by atoms with E-state index < -0.39 is 0 Å². The third-order valence-electron chi connectivity index (χ3n) is 15.3. The van der Waals surface area contributed by atoms with E-state index in [1.807, 2.05) is 0 Å². The first-order chi connectivity index (χ1) is 35.7. The van der Waals surface area contributed by atoms with Gasteiger partial charge in [0.1, 0.15) is 0 Å². The summed E-state index contributed by atoms with van der Waals surface area (Å²) in [4.78, 5) is 11.1. The van der Waals surface area contributed by atoms with Crippen molar-refractivity contribution in [3.63, 3.8) is 0 Å². The molecule has 420 valence electrons. The molecule has 2 rings (SSSR count). The van der Waals surface area contributed by atoms with Crippen molar-refractivity contribution in [1.82, 2.24) is 0 Å². The van der Waals surface area contributed by atoms with Crippen molar-refractivity contribution in [3.8, 4) is 0 Å². The van der Waals surface area contributed by atoms with Crippen LogP contribution in [0.1, 0.15) is 334 Å². The molecule has 0 radical (unpaired) electrons. The van der Waals surface area contributed by atoms with Crippen molar-refractivity contribution < 1.29 is 16.5 Å². The molecule has 0 aliphatic carbocycles. The predicted octanol–water partition coefficient (Wildman–Crippen LogP) is 24.8. The first kappa shape index (κ1) is 68.8. The Bertz CT molecular complexity index is 1580. The quantitative estimate of drug-likeness (QED) is 0.0273. The molecule has 0 N–H and O–H groups in total. The van der Waals surface area contributed by atoms with Gasteiger partial charge in [-0.1, -0.05) is 320 Å². The number of hydrogen-bond acceptors (Lipinski definition) is 2. The van der Waals surface area contributed by atoms with Gasteiger partial charge >= 0.3 is 0 Å². The van der Waals surface area contributed by atoms with Crippen LogP contribution < -0.4 is 0 Å². The summed E-state index contributed by atoms with van der Waals surface area (Å²) in [5.74, 6) is 0. The number of benzene rings is 2. The van der Waals surface area contributed by atoms with E-state index in [0.29, 0.717) is 0 Å². The van der Waals surface area contributed by atoms with E-state index in [-0.39, 0.29) is 16.5 Å². The van der Waals surface area contributed by atoms with Gasteiger partial charge in [-0.05, 0) is 100 Å². The minimum atomic E-state index is 0. The standard InChI is InChI=1S/C70H120N2.Ni/c1-5-9-13-16-19-21-23-25-27-29-31-33-35-37-39-41-43-45-47-50-57-65-59-53-55-62-67(65)71-69(61-12-8-4)70(64-52-49-18-15-11-7-3)72-68-63-56-54-60-66(68)58-51-48-46-44-42-40-38-36-34-32-30-28-26-24-22-20-17-14-10-6-2;/h45-48,53-56,59-60,62-63H,5-44,49-52,57-58,61,64H2,1-4H3;/b47-45+,48-46+,71-69+,72-70-;. The zero-order chi connectivity index (χ0) is 51.3. The third kappa shape index (κ3) is 41.6. The largest absolute Gasteiger partial charge is 0.251 e. The molecule has 0 unspecified atom stereocenters. The Morgan fingerprint density at radius 2 is 0.534 bits per heavy atom. The summed E-state index contributed by atoms with van der Waals surface area (Å²) < 4.78 is 0. The van der Waals surface area contributed by atoms with Gasteiger partial charge < -0.3 is 0 Å². The number of allylic oxidation sites excluding steroid dienone is 4. The van der Waals surface area contributed by atoms with Gasteiger partial charge in [-0.25, -0.2) is 0 Å². The summed E-state index contributed by atoms with van der Waals surface area (Å²) in [5, 5.41) is 0. The minimum Gasteiger partial charge on any atom is -0.251 e. The van der Waals surface area contributed by atoms with Crippen molar-refractivity contribution in [2.24, 2.45) is 9.98 Å². The van der Waals surface area contributed by atoms with Gasteiger partial charge in [0, 0.05) is 16.5 Å². The molecule has 2 aromatic carbocycles. The van der Waals surface area contributed by atoms with Crippen molar-refractivity contribution in [2.45, 2.75) is 336 Å². The fourth-order valence-corrected chi connectivity index (χ4v) is 10.5. The Morgan fingerprint density at radius 1 is 0.288 bits per heavy atom. The Balaban J connectivity index is 0.0000266. The Hall–Kier alpha value is -2.25. The molecule has 0 aliphatic heterocycles. The molecule has 73 heavy (non-hydrogen) atoms. The zero-order valence-electron chi connectivity index (χ0n) is 49.1. The maximum atomic E-state index is 5.58. The molecule has 0 amide bonds. The van der Waals surface area contributed by atoms with Crippen LogP contribution in [0.25, 0.3) is 0 Å². The number of aryl methyl sites for hydroxylation is 2. The fourth-order valence-electron chi connectivity index (χ4n) is 10.5. The number of hydrogen-bond donors (Lipinski definition) is 0. The summed E-state index contributed by atoms with van der Waals surface area (Å²) in [6, 6.07) is 17.9. The molecule has 3 heteroatoms.